The summed E-state index contributed by atoms with van der Waals surface area (Å²) < 4.78 is 5.19. The van der Waals surface area contributed by atoms with Crippen molar-refractivity contribution in [1.82, 2.24) is 10.6 Å². The highest BCUT2D eigenvalue weighted by Gasteiger charge is 2.24. The molecule has 0 aromatic rings. The predicted molar refractivity (Wildman–Crippen MR) is 104 cm³/mol. The Labute approximate surface area is 159 Å². The molecular weight excluding hydrogens is 332 g/mol. The minimum atomic E-state index is -0.438. The van der Waals surface area contributed by atoms with Crippen LogP contribution < -0.4 is 10.6 Å². The Bertz CT molecular complexity index is 370. The molecule has 2 aliphatic carbocycles. The largest absolute Gasteiger partial charge is 0.444 e. The number of rotatable bonds is 4. The summed E-state index contributed by atoms with van der Waals surface area (Å²) in [5.74, 6) is 1.00. The smallest absolute Gasteiger partial charge is 0.407 e. The van der Waals surface area contributed by atoms with E-state index in [0.717, 1.165) is 25.7 Å². The third kappa shape index (κ3) is 9.74. The monoisotopic (exact) mass is 372 g/mol. The van der Waals surface area contributed by atoms with E-state index in [1.807, 2.05) is 27.8 Å². The second kappa shape index (κ2) is 11.8. The van der Waals surface area contributed by atoms with E-state index in [4.69, 9.17) is 14.9 Å². The highest BCUT2D eigenvalue weighted by Crippen LogP contribution is 2.24. The standard InChI is InChI=1S/C12H23NO3.C8H17NO/c1-12(2,3)16-11(15)13-10-6-4-9(8-14)5-7-10;1-9-8-4-2-7(6-10)3-5-8/h9-10,14H,4-8H2,1-3H3,(H,13,15);7-10H,2-6H2,1H3. The van der Waals surface area contributed by atoms with Crippen molar-refractivity contribution in [3.05, 3.63) is 0 Å². The maximum Gasteiger partial charge on any atom is 0.407 e. The minimum absolute atomic E-state index is 0.206. The number of ether oxygens (including phenoxy) is 1. The van der Waals surface area contributed by atoms with Gasteiger partial charge in [-0.2, -0.15) is 0 Å². The lowest BCUT2D eigenvalue weighted by atomic mass is 9.87. The van der Waals surface area contributed by atoms with E-state index in [0.29, 0.717) is 24.5 Å². The van der Waals surface area contributed by atoms with Crippen LogP contribution in [0.2, 0.25) is 0 Å². The predicted octanol–water partition coefficient (Wildman–Crippen LogP) is 2.82. The fourth-order valence-corrected chi connectivity index (χ4v) is 3.60. The van der Waals surface area contributed by atoms with Crippen LogP contribution in [-0.4, -0.2) is 54.3 Å². The maximum absolute atomic E-state index is 11.5. The normalized spacial score (nSPS) is 29.3. The Balaban J connectivity index is 0.000000289. The number of amides is 1. The summed E-state index contributed by atoms with van der Waals surface area (Å²) in [5.41, 5.74) is -0.438. The molecule has 1 amide bonds. The number of carbonyl (C=O) groups is 1. The zero-order valence-electron chi connectivity index (χ0n) is 17.1. The van der Waals surface area contributed by atoms with E-state index in [2.05, 4.69) is 10.6 Å². The van der Waals surface area contributed by atoms with Gasteiger partial charge >= 0.3 is 6.09 Å². The van der Waals surface area contributed by atoms with E-state index in [1.165, 1.54) is 25.7 Å². The molecule has 2 fully saturated rings. The second-order valence-electron chi connectivity index (χ2n) is 8.74. The summed E-state index contributed by atoms with van der Waals surface area (Å²) >= 11 is 0. The van der Waals surface area contributed by atoms with Crippen molar-refractivity contribution in [2.45, 2.75) is 89.8 Å². The van der Waals surface area contributed by atoms with Crippen molar-refractivity contribution in [3.63, 3.8) is 0 Å². The zero-order chi connectivity index (χ0) is 19.6. The fourth-order valence-electron chi connectivity index (χ4n) is 3.60. The first-order valence-corrected chi connectivity index (χ1v) is 10.2. The first-order chi connectivity index (χ1) is 12.3. The lowest BCUT2D eigenvalue weighted by Crippen LogP contribution is -2.41. The van der Waals surface area contributed by atoms with E-state index in [1.54, 1.807) is 0 Å². The average molecular weight is 373 g/mol. The van der Waals surface area contributed by atoms with Crippen molar-refractivity contribution >= 4 is 6.09 Å². The molecule has 0 aromatic carbocycles. The van der Waals surface area contributed by atoms with Gasteiger partial charge in [0.1, 0.15) is 5.60 Å². The van der Waals surface area contributed by atoms with Gasteiger partial charge in [0.15, 0.2) is 0 Å². The molecular formula is C20H40N2O4. The van der Waals surface area contributed by atoms with Gasteiger partial charge < -0.3 is 25.6 Å². The summed E-state index contributed by atoms with van der Waals surface area (Å²) in [5, 5.41) is 24.0. The van der Waals surface area contributed by atoms with Crippen molar-refractivity contribution in [2.75, 3.05) is 20.3 Å². The highest BCUT2D eigenvalue weighted by atomic mass is 16.6. The van der Waals surface area contributed by atoms with Crippen LogP contribution in [0.15, 0.2) is 0 Å². The molecule has 26 heavy (non-hydrogen) atoms. The number of nitrogens with one attached hydrogen (secondary N) is 2. The number of carbonyl (C=O) groups excluding carboxylic acids is 1. The summed E-state index contributed by atoms with van der Waals surface area (Å²) in [7, 11) is 2.02. The van der Waals surface area contributed by atoms with Crippen LogP contribution >= 0.6 is 0 Å². The van der Waals surface area contributed by atoms with Crippen molar-refractivity contribution < 1.29 is 19.7 Å². The van der Waals surface area contributed by atoms with Gasteiger partial charge in [0.2, 0.25) is 0 Å². The molecule has 0 aliphatic heterocycles. The van der Waals surface area contributed by atoms with Crippen LogP contribution in [0.5, 0.6) is 0 Å². The van der Waals surface area contributed by atoms with Crippen molar-refractivity contribution in [2.24, 2.45) is 11.8 Å². The number of aliphatic hydroxyl groups excluding tert-OH is 2. The molecule has 2 rings (SSSR count). The zero-order valence-corrected chi connectivity index (χ0v) is 17.1. The quantitative estimate of drug-likeness (QED) is 0.609. The van der Waals surface area contributed by atoms with Gasteiger partial charge in [0, 0.05) is 25.3 Å². The molecule has 0 spiro atoms. The molecule has 0 radical (unpaired) electrons. The summed E-state index contributed by atoms with van der Waals surface area (Å²) in [4.78, 5) is 11.5. The van der Waals surface area contributed by atoms with Gasteiger partial charge in [-0.1, -0.05) is 0 Å². The maximum atomic E-state index is 11.5. The van der Waals surface area contributed by atoms with Crippen LogP contribution in [-0.2, 0) is 4.74 Å². The second-order valence-corrected chi connectivity index (χ2v) is 8.74. The summed E-state index contributed by atoms with van der Waals surface area (Å²) in [6, 6.07) is 0.917. The molecule has 2 saturated carbocycles. The van der Waals surface area contributed by atoms with E-state index < -0.39 is 5.60 Å². The molecule has 6 nitrogen and oxygen atoms in total. The SMILES string of the molecule is CC(C)(C)OC(=O)NC1CCC(CO)CC1.CNC1CCC(CO)CC1. The van der Waals surface area contributed by atoms with Crippen LogP contribution in [0, 0.1) is 11.8 Å². The van der Waals surface area contributed by atoms with E-state index in [9.17, 15) is 4.79 Å². The van der Waals surface area contributed by atoms with Gasteiger partial charge in [-0.15, -0.1) is 0 Å². The molecule has 2 aliphatic rings. The van der Waals surface area contributed by atoms with Crippen LogP contribution in [0.4, 0.5) is 4.79 Å². The number of hydrogen-bond donors (Lipinski definition) is 4. The molecule has 154 valence electrons. The summed E-state index contributed by atoms with van der Waals surface area (Å²) in [6.07, 6.45) is 8.37. The third-order valence-electron chi connectivity index (χ3n) is 5.34. The lowest BCUT2D eigenvalue weighted by molar-refractivity contribution is 0.0482. The van der Waals surface area contributed by atoms with E-state index >= 15 is 0 Å². The van der Waals surface area contributed by atoms with Crippen LogP contribution in [0.3, 0.4) is 0 Å². The number of alkyl carbamates (subject to hydrolysis) is 1. The Kier molecular flexibility index (Phi) is 10.5. The Morgan fingerprint density at radius 2 is 1.31 bits per heavy atom. The van der Waals surface area contributed by atoms with Gasteiger partial charge in [0.05, 0.1) is 0 Å². The Hall–Kier alpha value is -0.850. The number of aliphatic hydroxyl groups is 2. The molecule has 4 N–H and O–H groups in total. The third-order valence-corrected chi connectivity index (χ3v) is 5.34. The van der Waals surface area contributed by atoms with Crippen LogP contribution in [0.1, 0.15) is 72.1 Å². The molecule has 0 heterocycles. The first kappa shape index (κ1) is 23.2. The van der Waals surface area contributed by atoms with Gasteiger partial charge in [-0.05, 0) is 91.0 Å². The number of hydrogen-bond acceptors (Lipinski definition) is 5. The minimum Gasteiger partial charge on any atom is -0.444 e. The van der Waals surface area contributed by atoms with E-state index in [-0.39, 0.29) is 18.7 Å². The van der Waals surface area contributed by atoms with Gasteiger partial charge in [-0.25, -0.2) is 4.79 Å². The van der Waals surface area contributed by atoms with Gasteiger partial charge in [-0.3, -0.25) is 0 Å². The molecule has 0 unspecified atom stereocenters. The molecule has 0 saturated heterocycles. The average Bonchev–Trinajstić information content (AvgIpc) is 2.61. The molecule has 0 atom stereocenters. The van der Waals surface area contributed by atoms with Crippen molar-refractivity contribution in [3.8, 4) is 0 Å². The fraction of sp³-hybridized carbons (Fsp3) is 0.950. The van der Waals surface area contributed by atoms with Gasteiger partial charge in [0.25, 0.3) is 0 Å². The van der Waals surface area contributed by atoms with Crippen LogP contribution in [0.25, 0.3) is 0 Å². The lowest BCUT2D eigenvalue weighted by Gasteiger charge is -2.29. The highest BCUT2D eigenvalue weighted by molar-refractivity contribution is 5.68. The molecule has 0 bridgehead atoms. The molecule has 0 aromatic heterocycles. The summed E-state index contributed by atoms with van der Waals surface area (Å²) in [6.45, 7) is 6.22. The Morgan fingerprint density at radius 1 is 0.885 bits per heavy atom. The first-order valence-electron chi connectivity index (χ1n) is 10.2. The topological polar surface area (TPSA) is 90.8 Å². The van der Waals surface area contributed by atoms with Crippen molar-refractivity contribution in [1.29, 1.82) is 0 Å². The Morgan fingerprint density at radius 3 is 1.65 bits per heavy atom. The molecule has 6 heteroatoms.